The summed E-state index contributed by atoms with van der Waals surface area (Å²) in [5.41, 5.74) is 4.10. The van der Waals surface area contributed by atoms with Gasteiger partial charge in [0.25, 0.3) is 0 Å². The Hall–Kier alpha value is -2.26. The normalized spacial score (nSPS) is 24.6. The summed E-state index contributed by atoms with van der Waals surface area (Å²) in [6.07, 6.45) is 7.71. The molecule has 174 valence electrons. The van der Waals surface area contributed by atoms with Gasteiger partial charge in [0.05, 0.1) is 54.5 Å². The van der Waals surface area contributed by atoms with Gasteiger partial charge in [-0.3, -0.25) is 9.58 Å². The Labute approximate surface area is 197 Å². The zero-order valence-electron chi connectivity index (χ0n) is 18.7. The molecule has 33 heavy (non-hydrogen) atoms. The molecule has 0 amide bonds. The van der Waals surface area contributed by atoms with Gasteiger partial charge in [0.2, 0.25) is 5.95 Å². The maximum Gasteiger partial charge on any atom is 0.227 e. The lowest BCUT2D eigenvalue weighted by molar-refractivity contribution is 0.0663. The molecule has 2 atom stereocenters. The first-order valence-electron chi connectivity index (χ1n) is 11.8. The molecule has 2 saturated heterocycles. The Bertz CT molecular complexity index is 1170. The summed E-state index contributed by atoms with van der Waals surface area (Å²) in [5.74, 6) is 0.947. The van der Waals surface area contributed by atoms with Gasteiger partial charge in [-0.05, 0) is 69.3 Å². The van der Waals surface area contributed by atoms with Gasteiger partial charge in [-0.1, -0.05) is 11.6 Å². The minimum atomic E-state index is -0.381. The van der Waals surface area contributed by atoms with Crippen LogP contribution in [0.5, 0.6) is 0 Å². The second kappa shape index (κ2) is 8.51. The highest BCUT2D eigenvalue weighted by molar-refractivity contribution is 6.32. The predicted octanol–water partition coefficient (Wildman–Crippen LogP) is 3.81. The molecular weight excluding hydrogens is 440 g/mol. The van der Waals surface area contributed by atoms with E-state index in [0.29, 0.717) is 31.1 Å². The van der Waals surface area contributed by atoms with Crippen molar-refractivity contribution in [2.45, 2.75) is 56.7 Å². The molecule has 2 aromatic heterocycles. The third-order valence-electron chi connectivity index (χ3n) is 7.34. The molecule has 9 heteroatoms. The van der Waals surface area contributed by atoms with Crippen molar-refractivity contribution in [3.8, 4) is 0 Å². The van der Waals surface area contributed by atoms with E-state index in [2.05, 4.69) is 38.0 Å². The largest absolute Gasteiger partial charge is 0.389 e. The molecule has 3 fully saturated rings. The molecular formula is C24H29ClN6O2. The number of piperidine rings is 1. The molecule has 4 heterocycles. The highest BCUT2D eigenvalue weighted by atomic mass is 35.5. The molecule has 1 aromatic carbocycles. The number of fused-ring (bicyclic) bond motifs is 1. The number of likely N-dealkylation sites (tertiary alicyclic amines) is 1. The van der Waals surface area contributed by atoms with Gasteiger partial charge >= 0.3 is 0 Å². The fourth-order valence-electron chi connectivity index (χ4n) is 5.22. The van der Waals surface area contributed by atoms with E-state index in [9.17, 15) is 5.11 Å². The first-order valence-corrected chi connectivity index (χ1v) is 12.2. The Balaban J connectivity index is 1.20. The third kappa shape index (κ3) is 4.10. The summed E-state index contributed by atoms with van der Waals surface area (Å²) >= 11 is 6.70. The fourth-order valence-corrected chi connectivity index (χ4v) is 5.54. The highest BCUT2D eigenvalue weighted by Gasteiger charge is 2.34. The fraction of sp³-hybridized carbons (Fsp3) is 0.542. The molecule has 1 saturated carbocycles. The van der Waals surface area contributed by atoms with Crippen LogP contribution in [-0.4, -0.2) is 68.2 Å². The number of nitrogens with one attached hydrogen (secondary N) is 1. The Morgan fingerprint density at radius 1 is 1.12 bits per heavy atom. The van der Waals surface area contributed by atoms with Crippen molar-refractivity contribution in [3.63, 3.8) is 0 Å². The minimum absolute atomic E-state index is 0.118. The van der Waals surface area contributed by atoms with Crippen molar-refractivity contribution >= 4 is 34.1 Å². The summed E-state index contributed by atoms with van der Waals surface area (Å²) in [4.78, 5) is 11.6. The number of ether oxygens (including phenoxy) is 1. The van der Waals surface area contributed by atoms with Crippen molar-refractivity contribution < 1.29 is 9.84 Å². The number of aromatic nitrogens is 4. The first-order chi connectivity index (χ1) is 16.1. The average molecular weight is 469 g/mol. The van der Waals surface area contributed by atoms with Crippen molar-refractivity contribution in [2.75, 3.05) is 31.6 Å². The zero-order chi connectivity index (χ0) is 22.5. The maximum absolute atomic E-state index is 10.2. The van der Waals surface area contributed by atoms with Gasteiger partial charge in [-0.25, -0.2) is 9.97 Å². The number of rotatable bonds is 5. The number of halogens is 1. The van der Waals surface area contributed by atoms with Gasteiger partial charge < -0.3 is 15.2 Å². The molecule has 0 unspecified atom stereocenters. The minimum Gasteiger partial charge on any atom is -0.389 e. The summed E-state index contributed by atoms with van der Waals surface area (Å²) in [7, 11) is 0. The second-order valence-electron chi connectivity index (χ2n) is 9.55. The van der Waals surface area contributed by atoms with E-state index >= 15 is 0 Å². The smallest absolute Gasteiger partial charge is 0.227 e. The van der Waals surface area contributed by atoms with E-state index in [1.165, 1.54) is 12.8 Å². The second-order valence-corrected chi connectivity index (χ2v) is 9.96. The summed E-state index contributed by atoms with van der Waals surface area (Å²) in [6.45, 7) is 5.01. The lowest BCUT2D eigenvalue weighted by Gasteiger charge is -2.36. The lowest BCUT2D eigenvalue weighted by Crippen LogP contribution is -2.46. The van der Waals surface area contributed by atoms with E-state index in [4.69, 9.17) is 21.3 Å². The molecule has 6 rings (SSSR count). The van der Waals surface area contributed by atoms with E-state index in [1.807, 2.05) is 18.5 Å². The van der Waals surface area contributed by atoms with Gasteiger partial charge in [0, 0.05) is 16.6 Å². The number of aliphatic hydroxyl groups is 1. The number of anilines is 2. The van der Waals surface area contributed by atoms with Gasteiger partial charge in [-0.2, -0.15) is 5.10 Å². The third-order valence-corrected chi connectivity index (χ3v) is 7.67. The predicted molar refractivity (Wildman–Crippen MR) is 127 cm³/mol. The average Bonchev–Trinajstić information content (AvgIpc) is 3.47. The van der Waals surface area contributed by atoms with E-state index < -0.39 is 0 Å². The van der Waals surface area contributed by atoms with Crippen molar-refractivity contribution in [2.24, 2.45) is 0 Å². The highest BCUT2D eigenvalue weighted by Crippen LogP contribution is 2.38. The van der Waals surface area contributed by atoms with Crippen LogP contribution in [0.4, 0.5) is 11.6 Å². The monoisotopic (exact) mass is 468 g/mol. The summed E-state index contributed by atoms with van der Waals surface area (Å²) in [5, 5.41) is 19.7. The zero-order valence-corrected chi connectivity index (χ0v) is 19.5. The molecule has 8 nitrogen and oxygen atoms in total. The maximum atomic E-state index is 10.2. The van der Waals surface area contributed by atoms with Crippen LogP contribution in [0.3, 0.4) is 0 Å². The molecule has 0 spiro atoms. The number of hydrogen-bond donors (Lipinski definition) is 2. The van der Waals surface area contributed by atoms with Gasteiger partial charge in [-0.15, -0.1) is 0 Å². The van der Waals surface area contributed by atoms with E-state index in [-0.39, 0.29) is 12.1 Å². The van der Waals surface area contributed by atoms with E-state index in [0.717, 1.165) is 58.8 Å². The standard InChI is InChI=1S/C24H29ClN6O2/c1-14-21(11-27-31(14)17-2-3-17)29-24-26-10-16-8-19(25)18(9-20(16)28-24)15-4-6-30(7-5-15)22-12-33-13-23(22)32/h8-11,15,17,22-23,32H,2-7,12-13H2,1H3,(H,26,28,29)/t22-,23+/m0/s1. The van der Waals surface area contributed by atoms with Gasteiger partial charge in [0.1, 0.15) is 0 Å². The van der Waals surface area contributed by atoms with Crippen molar-refractivity contribution in [1.29, 1.82) is 0 Å². The van der Waals surface area contributed by atoms with Crippen LogP contribution in [0.15, 0.2) is 24.5 Å². The number of hydrogen-bond acceptors (Lipinski definition) is 7. The first kappa shape index (κ1) is 21.3. The summed E-state index contributed by atoms with van der Waals surface area (Å²) < 4.78 is 7.53. The van der Waals surface area contributed by atoms with Crippen LogP contribution in [0.1, 0.15) is 48.9 Å². The van der Waals surface area contributed by atoms with Crippen LogP contribution in [-0.2, 0) is 4.74 Å². The molecule has 0 bridgehead atoms. The molecule has 2 N–H and O–H groups in total. The molecule has 1 aliphatic carbocycles. The Morgan fingerprint density at radius 3 is 2.67 bits per heavy atom. The van der Waals surface area contributed by atoms with Crippen LogP contribution >= 0.6 is 11.6 Å². The Morgan fingerprint density at radius 2 is 1.94 bits per heavy atom. The quantitative estimate of drug-likeness (QED) is 0.588. The Kier molecular flexibility index (Phi) is 5.49. The number of nitrogens with zero attached hydrogens (tertiary/aromatic N) is 5. The summed E-state index contributed by atoms with van der Waals surface area (Å²) in [6, 6.07) is 4.76. The number of aliphatic hydroxyl groups excluding tert-OH is 1. The van der Waals surface area contributed by atoms with Gasteiger partial charge in [0.15, 0.2) is 0 Å². The molecule has 0 radical (unpaired) electrons. The SMILES string of the molecule is Cc1c(Nc2ncc3cc(Cl)c(C4CCN([C@H]5COC[C@H]5O)CC4)cc3n2)cnn1C1CC1. The molecule has 3 aromatic rings. The van der Waals surface area contributed by atoms with Crippen LogP contribution < -0.4 is 5.32 Å². The lowest BCUT2D eigenvalue weighted by atomic mass is 9.88. The number of benzene rings is 1. The topological polar surface area (TPSA) is 88.3 Å². The molecule has 2 aliphatic heterocycles. The van der Waals surface area contributed by atoms with Crippen molar-refractivity contribution in [3.05, 3.63) is 40.8 Å². The van der Waals surface area contributed by atoms with Crippen LogP contribution in [0.25, 0.3) is 10.9 Å². The van der Waals surface area contributed by atoms with Crippen LogP contribution in [0.2, 0.25) is 5.02 Å². The van der Waals surface area contributed by atoms with E-state index in [1.54, 1.807) is 0 Å². The van der Waals surface area contributed by atoms with Crippen molar-refractivity contribution in [1.82, 2.24) is 24.6 Å². The van der Waals surface area contributed by atoms with Crippen LogP contribution in [0, 0.1) is 6.92 Å². The molecule has 3 aliphatic rings.